The average molecular weight is 403 g/mol. The van der Waals surface area contributed by atoms with Crippen LogP contribution >= 0.6 is 0 Å². The van der Waals surface area contributed by atoms with Crippen LogP contribution < -0.4 is 0 Å². The number of hydrogen-bond donors (Lipinski definition) is 0. The molecule has 0 radical (unpaired) electrons. The van der Waals surface area contributed by atoms with Crippen LogP contribution in [0.5, 0.6) is 0 Å². The SMILES string of the molecule is CCC[CH2][Sn]([CH2]CCC)([CH2]CCC)[CH2]OC1CCCCC1. The van der Waals surface area contributed by atoms with Crippen LogP contribution in [0.15, 0.2) is 0 Å². The summed E-state index contributed by atoms with van der Waals surface area (Å²) in [4.78, 5) is 0. The van der Waals surface area contributed by atoms with Gasteiger partial charge in [-0.1, -0.05) is 0 Å². The third-order valence-corrected chi connectivity index (χ3v) is 19.7. The van der Waals surface area contributed by atoms with E-state index in [9.17, 15) is 0 Å². The van der Waals surface area contributed by atoms with Gasteiger partial charge in [-0.05, 0) is 0 Å². The Morgan fingerprint density at radius 3 is 1.67 bits per heavy atom. The average Bonchev–Trinajstić information content (AvgIpc) is 2.54. The molecule has 1 saturated carbocycles. The first-order valence-corrected chi connectivity index (χ1v) is 17.9. The molecule has 0 aromatic heterocycles. The van der Waals surface area contributed by atoms with Gasteiger partial charge in [0.2, 0.25) is 0 Å². The van der Waals surface area contributed by atoms with Crippen LogP contribution in [0.25, 0.3) is 0 Å². The van der Waals surface area contributed by atoms with E-state index in [0.717, 1.165) is 0 Å². The van der Waals surface area contributed by atoms with Gasteiger partial charge in [0.25, 0.3) is 0 Å². The zero-order valence-electron chi connectivity index (χ0n) is 15.1. The van der Waals surface area contributed by atoms with Gasteiger partial charge in [0.05, 0.1) is 0 Å². The summed E-state index contributed by atoms with van der Waals surface area (Å²) in [6, 6.07) is 0. The zero-order valence-corrected chi connectivity index (χ0v) is 17.9. The van der Waals surface area contributed by atoms with E-state index in [1.54, 1.807) is 13.3 Å². The maximum atomic E-state index is 6.53. The molecule has 0 N–H and O–H groups in total. The molecule has 1 nitrogen and oxygen atoms in total. The van der Waals surface area contributed by atoms with Gasteiger partial charge in [-0.3, -0.25) is 0 Å². The molecule has 0 atom stereocenters. The van der Waals surface area contributed by atoms with Crippen molar-refractivity contribution in [2.24, 2.45) is 0 Å². The first-order chi connectivity index (χ1) is 10.3. The van der Waals surface area contributed by atoms with Crippen molar-refractivity contribution in [3.05, 3.63) is 0 Å². The fourth-order valence-corrected chi connectivity index (χ4v) is 18.3. The van der Waals surface area contributed by atoms with Gasteiger partial charge >= 0.3 is 139 Å². The van der Waals surface area contributed by atoms with Gasteiger partial charge in [-0.2, -0.15) is 0 Å². The summed E-state index contributed by atoms with van der Waals surface area (Å²) in [5.41, 5.74) is 0. The van der Waals surface area contributed by atoms with Crippen LogP contribution in [0.3, 0.4) is 0 Å². The Balaban J connectivity index is 2.55. The molecule has 1 aliphatic carbocycles. The molecule has 0 unspecified atom stereocenters. The molecule has 0 saturated heterocycles. The van der Waals surface area contributed by atoms with E-state index >= 15 is 0 Å². The predicted molar refractivity (Wildman–Crippen MR) is 97.7 cm³/mol. The Morgan fingerprint density at radius 1 is 0.762 bits per heavy atom. The van der Waals surface area contributed by atoms with Crippen LogP contribution in [-0.4, -0.2) is 29.1 Å². The molecule has 1 aliphatic rings. The van der Waals surface area contributed by atoms with E-state index in [0.29, 0.717) is 6.10 Å². The van der Waals surface area contributed by atoms with Crippen molar-refractivity contribution in [2.45, 2.75) is 111 Å². The summed E-state index contributed by atoms with van der Waals surface area (Å²) < 4.78 is 12.6. The molecule has 0 bridgehead atoms. The van der Waals surface area contributed by atoms with E-state index in [4.69, 9.17) is 4.74 Å². The normalized spacial score (nSPS) is 17.3. The van der Waals surface area contributed by atoms with E-state index in [1.807, 2.05) is 0 Å². The molecule has 1 fully saturated rings. The Hall–Kier alpha value is 0.759. The molecule has 0 spiro atoms. The van der Waals surface area contributed by atoms with E-state index in [1.165, 1.54) is 75.3 Å². The third kappa shape index (κ3) is 8.25. The van der Waals surface area contributed by atoms with Crippen molar-refractivity contribution >= 4 is 18.4 Å². The second-order valence-corrected chi connectivity index (χ2v) is 21.0. The number of rotatable bonds is 12. The Labute approximate surface area is 138 Å². The third-order valence-electron chi connectivity index (χ3n) is 5.36. The molecule has 21 heavy (non-hydrogen) atoms. The maximum absolute atomic E-state index is 6.53. The van der Waals surface area contributed by atoms with E-state index in [-0.39, 0.29) is 0 Å². The summed E-state index contributed by atoms with van der Waals surface area (Å²) in [6.45, 7) is 7.08. The standard InChI is InChI=1S/C7H13O.3C4H9.Sn/c1-8-7-5-3-2-4-6-7;3*1-3-4-2;/h7H,1-6H2;3*1,3-4H2,2H3;. The van der Waals surface area contributed by atoms with E-state index in [2.05, 4.69) is 20.8 Å². The number of ether oxygens (including phenoxy) is 1. The van der Waals surface area contributed by atoms with Gasteiger partial charge in [-0.15, -0.1) is 0 Å². The summed E-state index contributed by atoms with van der Waals surface area (Å²) in [5.74, 6) is 0. The second-order valence-electron chi connectivity index (χ2n) is 7.38. The molecule has 0 aromatic carbocycles. The van der Waals surface area contributed by atoms with Crippen LogP contribution in [0.4, 0.5) is 0 Å². The zero-order chi connectivity index (χ0) is 15.4. The van der Waals surface area contributed by atoms with Gasteiger partial charge in [0.15, 0.2) is 0 Å². The van der Waals surface area contributed by atoms with E-state index < -0.39 is 18.4 Å². The minimum atomic E-state index is -2.01. The molecular formula is C19H40OSn. The minimum absolute atomic E-state index is 0.625. The molecule has 1 rings (SSSR count). The van der Waals surface area contributed by atoms with Crippen LogP contribution in [0.1, 0.15) is 91.4 Å². The Bertz CT molecular complexity index is 214. The van der Waals surface area contributed by atoms with Gasteiger partial charge in [-0.25, -0.2) is 0 Å². The van der Waals surface area contributed by atoms with Crippen molar-refractivity contribution in [2.75, 3.05) is 4.62 Å². The Kier molecular flexibility index (Phi) is 11.5. The number of unbranched alkanes of at least 4 members (excludes halogenated alkanes) is 3. The van der Waals surface area contributed by atoms with Crippen molar-refractivity contribution in [3.63, 3.8) is 0 Å². The summed E-state index contributed by atoms with van der Waals surface area (Å²) in [6.07, 6.45) is 16.1. The first kappa shape index (κ1) is 19.8. The summed E-state index contributed by atoms with van der Waals surface area (Å²) in [5, 5.41) is 0. The predicted octanol–water partition coefficient (Wildman–Crippen LogP) is 6.72. The van der Waals surface area contributed by atoms with Crippen LogP contribution in [-0.2, 0) is 4.74 Å². The van der Waals surface area contributed by atoms with Crippen molar-refractivity contribution in [1.29, 1.82) is 0 Å². The van der Waals surface area contributed by atoms with Crippen molar-refractivity contribution in [1.82, 2.24) is 0 Å². The second kappa shape index (κ2) is 12.2. The Morgan fingerprint density at radius 2 is 1.24 bits per heavy atom. The molecule has 2 heteroatoms. The van der Waals surface area contributed by atoms with Gasteiger partial charge < -0.3 is 0 Å². The summed E-state index contributed by atoms with van der Waals surface area (Å²) >= 11 is -2.01. The molecule has 0 heterocycles. The first-order valence-electron chi connectivity index (χ1n) is 9.88. The van der Waals surface area contributed by atoms with Crippen LogP contribution in [0.2, 0.25) is 13.3 Å². The molecular weight excluding hydrogens is 363 g/mol. The molecule has 126 valence electrons. The molecule has 0 amide bonds. The summed E-state index contributed by atoms with van der Waals surface area (Å²) in [7, 11) is 0. The fourth-order valence-electron chi connectivity index (χ4n) is 3.77. The topological polar surface area (TPSA) is 9.23 Å². The molecule has 0 aliphatic heterocycles. The monoisotopic (exact) mass is 404 g/mol. The van der Waals surface area contributed by atoms with Gasteiger partial charge in [0, 0.05) is 0 Å². The number of hydrogen-bond acceptors (Lipinski definition) is 1. The quantitative estimate of drug-likeness (QED) is 0.329. The van der Waals surface area contributed by atoms with Crippen molar-refractivity contribution < 1.29 is 4.74 Å². The fraction of sp³-hybridized carbons (Fsp3) is 1.00. The van der Waals surface area contributed by atoms with Crippen LogP contribution in [0, 0.1) is 0 Å². The van der Waals surface area contributed by atoms with Crippen molar-refractivity contribution in [3.8, 4) is 0 Å². The van der Waals surface area contributed by atoms with Gasteiger partial charge in [0.1, 0.15) is 0 Å². The molecule has 0 aromatic rings.